The lowest BCUT2D eigenvalue weighted by atomic mass is 10.4. The minimum Gasteiger partial charge on any atom is -0.478 e. The van der Waals surface area contributed by atoms with Crippen LogP contribution in [-0.2, 0) is 12.1 Å². The third kappa shape index (κ3) is 2.33. The van der Waals surface area contributed by atoms with Crippen molar-refractivity contribution in [3.8, 4) is 5.88 Å². The summed E-state index contributed by atoms with van der Waals surface area (Å²) in [5, 5.41) is 3.33. The average Bonchev–Trinajstić information content (AvgIpc) is 2.72. The molecule has 98 valence electrons. The number of rotatable bonds is 3. The lowest BCUT2D eigenvalue weighted by Crippen LogP contribution is -2.08. The Kier molecular flexibility index (Phi) is 3.29. The molecule has 0 N–H and O–H groups in total. The molecule has 2 rings (SSSR count). The number of halogens is 4. The van der Waals surface area contributed by atoms with Crippen molar-refractivity contribution in [2.75, 3.05) is 6.61 Å². The number of alkyl halides is 4. The molecule has 5 nitrogen and oxygen atoms in total. The van der Waals surface area contributed by atoms with Gasteiger partial charge in [0, 0.05) is 6.07 Å². The normalized spacial score (nSPS) is 12.1. The molecule has 0 saturated carbocycles. The summed E-state index contributed by atoms with van der Waals surface area (Å²) in [6.07, 6.45) is -4.63. The van der Waals surface area contributed by atoms with Gasteiger partial charge < -0.3 is 4.74 Å². The summed E-state index contributed by atoms with van der Waals surface area (Å²) >= 11 is 5.60. The van der Waals surface area contributed by atoms with E-state index in [-0.39, 0.29) is 24.1 Å². The topological polar surface area (TPSA) is 52.3 Å². The fourth-order valence-electron chi connectivity index (χ4n) is 1.33. The van der Waals surface area contributed by atoms with E-state index < -0.39 is 12.0 Å². The molecule has 0 bridgehead atoms. The van der Waals surface area contributed by atoms with Gasteiger partial charge in [0.25, 0.3) is 11.6 Å². The van der Waals surface area contributed by atoms with Crippen molar-refractivity contribution in [2.24, 2.45) is 0 Å². The van der Waals surface area contributed by atoms with Gasteiger partial charge in [-0.05, 0) is 6.92 Å². The summed E-state index contributed by atoms with van der Waals surface area (Å²) < 4.78 is 43.6. The molecule has 18 heavy (non-hydrogen) atoms. The van der Waals surface area contributed by atoms with E-state index in [9.17, 15) is 13.2 Å². The molecular weight excluding hydrogens is 273 g/mol. The number of fused-ring (bicyclic) bond motifs is 1. The quantitative estimate of drug-likeness (QED) is 0.810. The zero-order valence-corrected chi connectivity index (χ0v) is 9.96. The molecule has 0 radical (unpaired) electrons. The number of hydrogen-bond acceptors (Lipinski definition) is 4. The van der Waals surface area contributed by atoms with Gasteiger partial charge >= 0.3 is 6.18 Å². The van der Waals surface area contributed by atoms with Crippen LogP contribution < -0.4 is 4.74 Å². The standard InChI is InChI=1S/C9H8ClF3N4O/c1-2-18-6-3-5(4-10)14-8-15-7(9(11,12)13)16-17(6)8/h3H,2,4H2,1H3. The molecule has 0 aliphatic carbocycles. The zero-order valence-electron chi connectivity index (χ0n) is 9.20. The van der Waals surface area contributed by atoms with Gasteiger partial charge in [0.1, 0.15) is 0 Å². The van der Waals surface area contributed by atoms with Crippen molar-refractivity contribution in [1.82, 2.24) is 19.6 Å². The van der Waals surface area contributed by atoms with E-state index in [4.69, 9.17) is 16.3 Å². The Morgan fingerprint density at radius 3 is 2.67 bits per heavy atom. The molecule has 2 aromatic rings. The monoisotopic (exact) mass is 280 g/mol. The van der Waals surface area contributed by atoms with Crippen LogP contribution in [-0.4, -0.2) is 26.2 Å². The van der Waals surface area contributed by atoms with Crippen LogP contribution in [0.3, 0.4) is 0 Å². The van der Waals surface area contributed by atoms with E-state index in [0.29, 0.717) is 5.69 Å². The summed E-state index contributed by atoms with van der Waals surface area (Å²) in [4.78, 5) is 7.16. The average molecular weight is 281 g/mol. The minimum absolute atomic E-state index is 0.0464. The fourth-order valence-corrected chi connectivity index (χ4v) is 1.46. The largest absolute Gasteiger partial charge is 0.478 e. The first kappa shape index (κ1) is 12.9. The van der Waals surface area contributed by atoms with E-state index in [0.717, 1.165) is 4.52 Å². The van der Waals surface area contributed by atoms with E-state index in [1.54, 1.807) is 6.92 Å². The maximum Gasteiger partial charge on any atom is 0.453 e. The number of ether oxygens (including phenoxy) is 1. The third-order valence-electron chi connectivity index (χ3n) is 2.02. The maximum atomic E-state index is 12.5. The Morgan fingerprint density at radius 2 is 2.11 bits per heavy atom. The highest BCUT2D eigenvalue weighted by atomic mass is 35.5. The highest BCUT2D eigenvalue weighted by Crippen LogP contribution is 2.27. The summed E-state index contributed by atoms with van der Waals surface area (Å²) in [5.41, 5.74) is 0.369. The minimum atomic E-state index is -4.63. The number of nitrogens with zero attached hydrogens (tertiary/aromatic N) is 4. The van der Waals surface area contributed by atoms with Gasteiger partial charge in [-0.25, -0.2) is 4.98 Å². The first-order valence-corrected chi connectivity index (χ1v) is 5.51. The van der Waals surface area contributed by atoms with Crippen molar-refractivity contribution in [1.29, 1.82) is 0 Å². The van der Waals surface area contributed by atoms with Gasteiger partial charge in [-0.15, -0.1) is 16.7 Å². The Labute approximate surface area is 105 Å². The van der Waals surface area contributed by atoms with Gasteiger partial charge in [0.05, 0.1) is 18.2 Å². The van der Waals surface area contributed by atoms with Gasteiger partial charge in [-0.3, -0.25) is 0 Å². The van der Waals surface area contributed by atoms with Gasteiger partial charge in [-0.2, -0.15) is 22.7 Å². The van der Waals surface area contributed by atoms with Crippen LogP contribution in [0.25, 0.3) is 5.78 Å². The predicted octanol–water partition coefficient (Wildman–Crippen LogP) is 2.28. The van der Waals surface area contributed by atoms with E-state index in [1.807, 2.05) is 0 Å². The van der Waals surface area contributed by atoms with Crippen LogP contribution in [0.1, 0.15) is 18.4 Å². The molecule has 0 aromatic carbocycles. The molecule has 2 heterocycles. The Hall–Kier alpha value is -1.57. The lowest BCUT2D eigenvalue weighted by molar-refractivity contribution is -0.144. The second-order valence-corrected chi connectivity index (χ2v) is 3.56. The van der Waals surface area contributed by atoms with Crippen molar-refractivity contribution < 1.29 is 17.9 Å². The van der Waals surface area contributed by atoms with Crippen molar-refractivity contribution in [2.45, 2.75) is 19.0 Å². The van der Waals surface area contributed by atoms with Gasteiger partial charge in [0.2, 0.25) is 5.88 Å². The third-order valence-corrected chi connectivity index (χ3v) is 2.29. The second-order valence-electron chi connectivity index (χ2n) is 3.30. The van der Waals surface area contributed by atoms with E-state index in [1.165, 1.54) is 6.07 Å². The molecule has 0 saturated heterocycles. The Morgan fingerprint density at radius 1 is 1.39 bits per heavy atom. The lowest BCUT2D eigenvalue weighted by Gasteiger charge is -2.05. The summed E-state index contributed by atoms with van der Waals surface area (Å²) in [6.45, 7) is 1.98. The number of aromatic nitrogens is 4. The van der Waals surface area contributed by atoms with Crippen LogP contribution in [0.2, 0.25) is 0 Å². The molecule has 0 spiro atoms. The molecule has 9 heteroatoms. The number of hydrogen-bond donors (Lipinski definition) is 0. The summed E-state index contributed by atoms with van der Waals surface area (Å²) in [5.74, 6) is -1.28. The molecule has 0 unspecified atom stereocenters. The fraction of sp³-hybridized carbons (Fsp3) is 0.444. The second kappa shape index (κ2) is 4.60. The van der Waals surface area contributed by atoms with Gasteiger partial charge in [0.15, 0.2) is 0 Å². The molecule has 2 aromatic heterocycles. The van der Waals surface area contributed by atoms with Crippen LogP contribution in [0, 0.1) is 0 Å². The maximum absolute atomic E-state index is 12.5. The smallest absolute Gasteiger partial charge is 0.453 e. The van der Waals surface area contributed by atoms with Crippen LogP contribution in [0.15, 0.2) is 6.07 Å². The Balaban J connectivity index is 2.62. The highest BCUT2D eigenvalue weighted by Gasteiger charge is 2.37. The molecule has 0 amide bonds. The van der Waals surface area contributed by atoms with Gasteiger partial charge in [-0.1, -0.05) is 0 Å². The van der Waals surface area contributed by atoms with Crippen LogP contribution >= 0.6 is 11.6 Å². The van der Waals surface area contributed by atoms with E-state index >= 15 is 0 Å². The first-order chi connectivity index (χ1) is 8.45. The SMILES string of the molecule is CCOc1cc(CCl)nc2nc(C(F)(F)F)nn12. The highest BCUT2D eigenvalue weighted by molar-refractivity contribution is 6.16. The molecular formula is C9H8ClF3N4O. The van der Waals surface area contributed by atoms with Crippen LogP contribution in [0.5, 0.6) is 5.88 Å². The predicted molar refractivity (Wildman–Crippen MR) is 56.5 cm³/mol. The summed E-state index contributed by atoms with van der Waals surface area (Å²) in [6, 6.07) is 1.43. The molecule has 0 atom stereocenters. The molecule has 0 aliphatic rings. The first-order valence-electron chi connectivity index (χ1n) is 4.98. The van der Waals surface area contributed by atoms with Crippen molar-refractivity contribution in [3.63, 3.8) is 0 Å². The summed E-state index contributed by atoms with van der Waals surface area (Å²) in [7, 11) is 0. The van der Waals surface area contributed by atoms with E-state index in [2.05, 4.69) is 15.1 Å². The zero-order chi connectivity index (χ0) is 13.3. The Bertz CT molecular complexity index is 569. The van der Waals surface area contributed by atoms with Crippen molar-refractivity contribution in [3.05, 3.63) is 17.6 Å². The van der Waals surface area contributed by atoms with Crippen molar-refractivity contribution >= 4 is 17.4 Å². The van der Waals surface area contributed by atoms with Crippen LogP contribution in [0.4, 0.5) is 13.2 Å². The molecule has 0 fully saturated rings. The molecule has 0 aliphatic heterocycles.